The Bertz CT molecular complexity index is 93.2. The van der Waals surface area contributed by atoms with Crippen LogP contribution in [0.4, 0.5) is 0 Å². The summed E-state index contributed by atoms with van der Waals surface area (Å²) in [6, 6.07) is 2.17. The SMILES string of the molecule is CC(Br)CC(C)C#N. The standard InChI is InChI=1S/C6H10BrN/c1-5(4-8)3-6(2)7/h5-6H,3H2,1-2H3. The van der Waals surface area contributed by atoms with E-state index in [1.165, 1.54) is 0 Å². The Hall–Kier alpha value is -0.0300. The third-order valence-electron chi connectivity index (χ3n) is 0.899. The lowest BCUT2D eigenvalue weighted by molar-refractivity contribution is 0.663. The fourth-order valence-corrected chi connectivity index (χ4v) is 1.10. The van der Waals surface area contributed by atoms with E-state index >= 15 is 0 Å². The molecule has 46 valence electrons. The van der Waals surface area contributed by atoms with Gasteiger partial charge in [0, 0.05) is 10.7 Å². The van der Waals surface area contributed by atoms with E-state index in [-0.39, 0.29) is 5.92 Å². The van der Waals surface area contributed by atoms with Crippen LogP contribution in [0.3, 0.4) is 0 Å². The molecule has 2 heteroatoms. The number of nitrogens with zero attached hydrogens (tertiary/aromatic N) is 1. The number of halogens is 1. The predicted octanol–water partition coefficient (Wildman–Crippen LogP) is 2.32. The first-order valence-electron chi connectivity index (χ1n) is 2.70. The monoisotopic (exact) mass is 175 g/mol. The van der Waals surface area contributed by atoms with Gasteiger partial charge < -0.3 is 0 Å². The van der Waals surface area contributed by atoms with Crippen LogP contribution in [-0.2, 0) is 0 Å². The number of alkyl halides is 1. The van der Waals surface area contributed by atoms with E-state index in [4.69, 9.17) is 5.26 Å². The van der Waals surface area contributed by atoms with Crippen LogP contribution in [0.5, 0.6) is 0 Å². The molecule has 0 saturated carbocycles. The maximum absolute atomic E-state index is 8.31. The lowest BCUT2D eigenvalue weighted by Gasteiger charge is -2.01. The quantitative estimate of drug-likeness (QED) is 0.592. The molecule has 0 radical (unpaired) electrons. The van der Waals surface area contributed by atoms with Gasteiger partial charge in [0.15, 0.2) is 0 Å². The van der Waals surface area contributed by atoms with Gasteiger partial charge in [0.05, 0.1) is 6.07 Å². The molecule has 0 spiro atoms. The Labute approximate surface area is 58.8 Å². The van der Waals surface area contributed by atoms with E-state index < -0.39 is 0 Å². The van der Waals surface area contributed by atoms with Gasteiger partial charge in [-0.25, -0.2) is 0 Å². The predicted molar refractivity (Wildman–Crippen MR) is 37.8 cm³/mol. The Morgan fingerprint density at radius 3 is 2.25 bits per heavy atom. The fourth-order valence-electron chi connectivity index (χ4n) is 0.540. The minimum absolute atomic E-state index is 0.185. The molecule has 0 aromatic rings. The summed E-state index contributed by atoms with van der Waals surface area (Å²) >= 11 is 3.36. The summed E-state index contributed by atoms with van der Waals surface area (Å²) in [5.41, 5.74) is 0. The van der Waals surface area contributed by atoms with Gasteiger partial charge in [-0.15, -0.1) is 0 Å². The lowest BCUT2D eigenvalue weighted by Crippen LogP contribution is -1.97. The van der Waals surface area contributed by atoms with Crippen molar-refractivity contribution in [3.63, 3.8) is 0 Å². The van der Waals surface area contributed by atoms with Crippen LogP contribution >= 0.6 is 15.9 Å². The molecule has 0 N–H and O–H groups in total. The highest BCUT2D eigenvalue weighted by Gasteiger charge is 2.02. The highest BCUT2D eigenvalue weighted by Crippen LogP contribution is 2.10. The Balaban J connectivity index is 3.28. The molecule has 0 aliphatic carbocycles. The zero-order chi connectivity index (χ0) is 6.57. The molecule has 0 amide bonds. The highest BCUT2D eigenvalue weighted by molar-refractivity contribution is 9.09. The zero-order valence-electron chi connectivity index (χ0n) is 5.19. The summed E-state index contributed by atoms with van der Waals surface area (Å²) in [6.45, 7) is 3.98. The number of rotatable bonds is 2. The first kappa shape index (κ1) is 7.97. The maximum atomic E-state index is 8.31. The summed E-state index contributed by atoms with van der Waals surface area (Å²) < 4.78 is 0. The molecule has 0 aromatic heterocycles. The molecule has 2 atom stereocenters. The van der Waals surface area contributed by atoms with Crippen molar-refractivity contribution < 1.29 is 0 Å². The summed E-state index contributed by atoms with van der Waals surface area (Å²) in [4.78, 5) is 0.470. The van der Waals surface area contributed by atoms with Gasteiger partial charge >= 0.3 is 0 Å². The largest absolute Gasteiger partial charge is 0.198 e. The first-order chi connectivity index (χ1) is 3.66. The van der Waals surface area contributed by atoms with E-state index in [9.17, 15) is 0 Å². The molecule has 0 rings (SSSR count). The van der Waals surface area contributed by atoms with Crippen molar-refractivity contribution in [2.75, 3.05) is 0 Å². The molecule has 0 aromatic carbocycles. The van der Waals surface area contributed by atoms with Gasteiger partial charge in [-0.05, 0) is 13.3 Å². The van der Waals surface area contributed by atoms with Crippen molar-refractivity contribution in [2.24, 2.45) is 5.92 Å². The second-order valence-corrected chi connectivity index (χ2v) is 3.61. The second-order valence-electron chi connectivity index (χ2n) is 2.05. The average Bonchev–Trinajstić information content (AvgIpc) is 1.65. The van der Waals surface area contributed by atoms with Crippen molar-refractivity contribution in [3.05, 3.63) is 0 Å². The molecule has 0 aliphatic heterocycles. The zero-order valence-corrected chi connectivity index (χ0v) is 6.77. The van der Waals surface area contributed by atoms with Crippen LogP contribution in [0.2, 0.25) is 0 Å². The van der Waals surface area contributed by atoms with E-state index in [1.807, 2.05) is 13.8 Å². The van der Waals surface area contributed by atoms with Gasteiger partial charge in [-0.3, -0.25) is 0 Å². The van der Waals surface area contributed by atoms with Crippen molar-refractivity contribution in [3.8, 4) is 6.07 Å². The topological polar surface area (TPSA) is 23.8 Å². The molecule has 8 heavy (non-hydrogen) atoms. The minimum atomic E-state index is 0.185. The fraction of sp³-hybridized carbons (Fsp3) is 0.833. The van der Waals surface area contributed by atoms with Crippen LogP contribution in [-0.4, -0.2) is 4.83 Å². The smallest absolute Gasteiger partial charge is 0.0653 e. The van der Waals surface area contributed by atoms with Crippen LogP contribution < -0.4 is 0 Å². The van der Waals surface area contributed by atoms with E-state index in [1.54, 1.807) is 0 Å². The van der Waals surface area contributed by atoms with Gasteiger partial charge in [0.1, 0.15) is 0 Å². The summed E-state index contributed by atoms with van der Waals surface area (Å²) in [5, 5.41) is 8.31. The average molecular weight is 176 g/mol. The van der Waals surface area contributed by atoms with E-state index in [0.29, 0.717) is 4.83 Å². The van der Waals surface area contributed by atoms with Crippen LogP contribution in [0.1, 0.15) is 20.3 Å². The van der Waals surface area contributed by atoms with Crippen LogP contribution in [0, 0.1) is 17.2 Å². The summed E-state index contributed by atoms with van der Waals surface area (Å²) in [6.07, 6.45) is 0.941. The van der Waals surface area contributed by atoms with Crippen LogP contribution in [0.15, 0.2) is 0 Å². The van der Waals surface area contributed by atoms with Gasteiger partial charge in [-0.2, -0.15) is 5.26 Å². The molecular formula is C6H10BrN. The molecule has 0 bridgehead atoms. The molecule has 2 unspecified atom stereocenters. The maximum Gasteiger partial charge on any atom is 0.0653 e. The van der Waals surface area contributed by atoms with Gasteiger partial charge in [-0.1, -0.05) is 22.9 Å². The van der Waals surface area contributed by atoms with Gasteiger partial charge in [0.2, 0.25) is 0 Å². The molecule has 0 saturated heterocycles. The minimum Gasteiger partial charge on any atom is -0.198 e. The molecule has 0 aliphatic rings. The van der Waals surface area contributed by atoms with Gasteiger partial charge in [0.25, 0.3) is 0 Å². The summed E-state index contributed by atoms with van der Waals surface area (Å²) in [7, 11) is 0. The number of hydrogen-bond donors (Lipinski definition) is 0. The Morgan fingerprint density at radius 2 is 2.12 bits per heavy atom. The van der Waals surface area contributed by atoms with E-state index in [2.05, 4.69) is 22.0 Å². The van der Waals surface area contributed by atoms with Crippen molar-refractivity contribution in [2.45, 2.75) is 25.1 Å². The normalized spacial score (nSPS) is 16.8. The number of nitriles is 1. The second kappa shape index (κ2) is 3.91. The number of hydrogen-bond acceptors (Lipinski definition) is 1. The van der Waals surface area contributed by atoms with Crippen molar-refractivity contribution in [1.29, 1.82) is 5.26 Å². The molecule has 0 fully saturated rings. The first-order valence-corrected chi connectivity index (χ1v) is 3.62. The highest BCUT2D eigenvalue weighted by atomic mass is 79.9. The van der Waals surface area contributed by atoms with Crippen molar-refractivity contribution >= 4 is 15.9 Å². The molecule has 0 heterocycles. The Kier molecular flexibility index (Phi) is 3.90. The van der Waals surface area contributed by atoms with E-state index in [0.717, 1.165) is 6.42 Å². The van der Waals surface area contributed by atoms with Crippen molar-refractivity contribution in [1.82, 2.24) is 0 Å². The lowest BCUT2D eigenvalue weighted by atomic mass is 10.1. The molecule has 1 nitrogen and oxygen atoms in total. The molecular weight excluding hydrogens is 166 g/mol. The third kappa shape index (κ3) is 4.14. The summed E-state index contributed by atoms with van der Waals surface area (Å²) in [5.74, 6) is 0.185. The Morgan fingerprint density at radius 1 is 1.62 bits per heavy atom. The third-order valence-corrected chi connectivity index (χ3v) is 1.27. The van der Waals surface area contributed by atoms with Crippen LogP contribution in [0.25, 0.3) is 0 Å².